The number of thioether (sulfide) groups is 1. The Kier molecular flexibility index (Phi) is 4.92. The number of rotatable bonds is 5. The lowest BCUT2D eigenvalue weighted by Gasteiger charge is -2.27. The molecule has 1 aliphatic carbocycles. The molecular formula is C20H19ClN2O2S. The van der Waals surface area contributed by atoms with Crippen LogP contribution in [0.3, 0.4) is 0 Å². The van der Waals surface area contributed by atoms with Gasteiger partial charge in [0.05, 0.1) is 10.9 Å². The highest BCUT2D eigenvalue weighted by Crippen LogP contribution is 2.39. The van der Waals surface area contributed by atoms with E-state index in [-0.39, 0.29) is 18.2 Å². The molecule has 6 heteroatoms. The van der Waals surface area contributed by atoms with Crippen LogP contribution in [0.15, 0.2) is 53.4 Å². The Morgan fingerprint density at radius 3 is 2.69 bits per heavy atom. The zero-order valence-electron chi connectivity index (χ0n) is 14.2. The van der Waals surface area contributed by atoms with Crippen LogP contribution < -0.4 is 5.32 Å². The second-order valence-corrected chi connectivity index (χ2v) is 8.36. The van der Waals surface area contributed by atoms with E-state index < -0.39 is 5.25 Å². The number of hydrogen-bond donors (Lipinski definition) is 1. The molecule has 1 heterocycles. The molecule has 0 radical (unpaired) electrons. The van der Waals surface area contributed by atoms with Crippen molar-refractivity contribution in [3.05, 3.63) is 59.1 Å². The fraction of sp³-hybridized carbons (Fsp3) is 0.300. The summed E-state index contributed by atoms with van der Waals surface area (Å²) in [7, 11) is 0. The van der Waals surface area contributed by atoms with E-state index in [1.54, 1.807) is 12.1 Å². The summed E-state index contributed by atoms with van der Waals surface area (Å²) in [5.74, 6) is -0.0880. The van der Waals surface area contributed by atoms with Crippen molar-refractivity contribution in [3.63, 3.8) is 0 Å². The summed E-state index contributed by atoms with van der Waals surface area (Å²) < 4.78 is 0. The molecule has 4 rings (SSSR count). The van der Waals surface area contributed by atoms with Crippen LogP contribution in [0.25, 0.3) is 0 Å². The van der Waals surface area contributed by atoms with E-state index in [9.17, 15) is 9.59 Å². The van der Waals surface area contributed by atoms with Crippen molar-refractivity contribution in [2.24, 2.45) is 0 Å². The van der Waals surface area contributed by atoms with Crippen LogP contribution in [-0.4, -0.2) is 28.0 Å². The first-order chi connectivity index (χ1) is 12.6. The molecule has 26 heavy (non-hydrogen) atoms. The summed E-state index contributed by atoms with van der Waals surface area (Å²) in [5, 5.41) is 3.05. The van der Waals surface area contributed by atoms with Gasteiger partial charge in [-0.25, -0.2) is 0 Å². The third kappa shape index (κ3) is 3.89. The molecule has 0 spiro atoms. The lowest BCUT2D eigenvalue weighted by molar-refractivity contribution is -0.133. The van der Waals surface area contributed by atoms with Crippen molar-refractivity contribution in [2.45, 2.75) is 42.0 Å². The third-order valence-electron chi connectivity index (χ3n) is 4.62. The maximum absolute atomic E-state index is 12.9. The fourth-order valence-electron chi connectivity index (χ4n) is 3.12. The predicted octanol–water partition coefficient (Wildman–Crippen LogP) is 4.33. The van der Waals surface area contributed by atoms with E-state index in [0.717, 1.165) is 29.0 Å². The Labute approximate surface area is 161 Å². The minimum atomic E-state index is -0.409. The monoisotopic (exact) mass is 386 g/mol. The van der Waals surface area contributed by atoms with Gasteiger partial charge in [-0.15, -0.1) is 11.8 Å². The van der Waals surface area contributed by atoms with Crippen molar-refractivity contribution in [1.29, 1.82) is 0 Å². The van der Waals surface area contributed by atoms with Gasteiger partial charge in [0.2, 0.25) is 11.8 Å². The van der Waals surface area contributed by atoms with Crippen molar-refractivity contribution in [2.75, 3.05) is 5.32 Å². The molecule has 1 N–H and O–H groups in total. The van der Waals surface area contributed by atoms with E-state index in [2.05, 4.69) is 5.32 Å². The molecule has 2 aromatic carbocycles. The average molecular weight is 387 g/mol. The summed E-state index contributed by atoms with van der Waals surface area (Å²) in [5.41, 5.74) is 1.84. The maximum Gasteiger partial charge on any atom is 0.238 e. The Bertz CT molecular complexity index is 839. The van der Waals surface area contributed by atoms with E-state index in [0.29, 0.717) is 17.6 Å². The number of benzene rings is 2. The highest BCUT2D eigenvalue weighted by Gasteiger charge is 2.36. The van der Waals surface area contributed by atoms with Gasteiger partial charge in [-0.05, 0) is 36.6 Å². The van der Waals surface area contributed by atoms with Gasteiger partial charge in [-0.2, -0.15) is 0 Å². The van der Waals surface area contributed by atoms with Crippen LogP contribution in [-0.2, 0) is 16.1 Å². The quantitative estimate of drug-likeness (QED) is 0.831. The van der Waals surface area contributed by atoms with Crippen molar-refractivity contribution < 1.29 is 9.59 Å². The molecule has 1 fully saturated rings. The van der Waals surface area contributed by atoms with Gasteiger partial charge in [-0.1, -0.05) is 41.9 Å². The Morgan fingerprint density at radius 1 is 1.19 bits per heavy atom. The molecule has 0 aromatic heterocycles. The number of anilines is 1. The number of hydrogen-bond acceptors (Lipinski definition) is 3. The molecule has 134 valence electrons. The van der Waals surface area contributed by atoms with Gasteiger partial charge in [0, 0.05) is 28.9 Å². The van der Waals surface area contributed by atoms with E-state index in [1.807, 2.05) is 41.3 Å². The van der Waals surface area contributed by atoms with E-state index >= 15 is 0 Å². The zero-order valence-corrected chi connectivity index (χ0v) is 15.7. The number of nitrogens with one attached hydrogen (secondary N) is 1. The fourth-order valence-corrected chi connectivity index (χ4v) is 4.37. The number of carbonyl (C=O) groups excluding carboxylic acids is 2. The van der Waals surface area contributed by atoms with Gasteiger partial charge in [0.15, 0.2) is 0 Å². The van der Waals surface area contributed by atoms with Crippen molar-refractivity contribution >= 4 is 40.9 Å². The average Bonchev–Trinajstić information content (AvgIpc) is 3.46. The lowest BCUT2D eigenvalue weighted by atomic mass is 10.2. The Morgan fingerprint density at radius 2 is 1.96 bits per heavy atom. The molecule has 0 saturated heterocycles. The van der Waals surface area contributed by atoms with E-state index in [4.69, 9.17) is 11.6 Å². The summed E-state index contributed by atoms with van der Waals surface area (Å²) in [4.78, 5) is 28.2. The van der Waals surface area contributed by atoms with Gasteiger partial charge in [-0.3, -0.25) is 9.59 Å². The first-order valence-corrected chi connectivity index (χ1v) is 9.96. The maximum atomic E-state index is 12.9. The lowest BCUT2D eigenvalue weighted by Crippen LogP contribution is -2.38. The zero-order chi connectivity index (χ0) is 18.1. The van der Waals surface area contributed by atoms with Gasteiger partial charge in [0.1, 0.15) is 0 Å². The molecule has 4 nitrogen and oxygen atoms in total. The van der Waals surface area contributed by atoms with Crippen LogP contribution in [0.2, 0.25) is 5.02 Å². The number of nitrogens with zero attached hydrogens (tertiary/aromatic N) is 1. The summed E-state index contributed by atoms with van der Waals surface area (Å²) in [6.07, 6.45) is 2.30. The van der Waals surface area contributed by atoms with Crippen LogP contribution in [0, 0.1) is 0 Å². The Hall–Kier alpha value is -1.98. The van der Waals surface area contributed by atoms with Gasteiger partial charge in [0.25, 0.3) is 0 Å². The summed E-state index contributed by atoms with van der Waals surface area (Å²) in [6, 6.07) is 15.7. The molecule has 1 unspecified atom stereocenters. The van der Waals surface area contributed by atoms with Crippen molar-refractivity contribution in [3.8, 4) is 0 Å². The van der Waals surface area contributed by atoms with Crippen LogP contribution in [0.4, 0.5) is 5.69 Å². The first kappa shape index (κ1) is 17.4. The first-order valence-electron chi connectivity index (χ1n) is 8.70. The number of amides is 2. The molecule has 1 saturated carbocycles. The second kappa shape index (κ2) is 7.33. The SMILES string of the molecule is O=C1Nc2cc(Cl)ccc2SC1CC(=O)N(Cc1ccccc1)C1CC1. The predicted molar refractivity (Wildman–Crippen MR) is 104 cm³/mol. The highest BCUT2D eigenvalue weighted by atomic mass is 35.5. The number of fused-ring (bicyclic) bond motifs is 1. The molecule has 2 aromatic rings. The smallest absolute Gasteiger partial charge is 0.238 e. The molecule has 2 amide bonds. The minimum absolute atomic E-state index is 0.0430. The molecule has 0 bridgehead atoms. The molecule has 1 aliphatic heterocycles. The normalized spacial score (nSPS) is 18.8. The van der Waals surface area contributed by atoms with Crippen molar-refractivity contribution in [1.82, 2.24) is 4.90 Å². The Balaban J connectivity index is 1.46. The number of carbonyl (C=O) groups is 2. The molecular weight excluding hydrogens is 368 g/mol. The van der Waals surface area contributed by atoms with E-state index in [1.165, 1.54) is 11.8 Å². The molecule has 1 atom stereocenters. The second-order valence-electron chi connectivity index (χ2n) is 6.68. The van der Waals surface area contributed by atoms with Gasteiger partial charge >= 0.3 is 0 Å². The van der Waals surface area contributed by atoms with Crippen LogP contribution >= 0.6 is 23.4 Å². The highest BCUT2D eigenvalue weighted by molar-refractivity contribution is 8.01. The largest absolute Gasteiger partial charge is 0.335 e. The van der Waals surface area contributed by atoms with Gasteiger partial charge < -0.3 is 10.2 Å². The molecule has 2 aliphatic rings. The minimum Gasteiger partial charge on any atom is -0.335 e. The van der Waals surface area contributed by atoms with Crippen LogP contribution in [0.1, 0.15) is 24.8 Å². The third-order valence-corrected chi connectivity index (χ3v) is 6.14. The topological polar surface area (TPSA) is 49.4 Å². The van der Waals surface area contributed by atoms with Crippen LogP contribution in [0.5, 0.6) is 0 Å². The standard InChI is InChI=1S/C20H19ClN2O2S/c21-14-6-9-17-16(10-14)22-20(25)18(26-17)11-19(24)23(15-7-8-15)12-13-4-2-1-3-5-13/h1-6,9-10,15,18H,7-8,11-12H2,(H,22,25). The number of halogens is 1. The summed E-state index contributed by atoms with van der Waals surface area (Å²) >= 11 is 7.42. The summed E-state index contributed by atoms with van der Waals surface area (Å²) in [6.45, 7) is 0.607.